The van der Waals surface area contributed by atoms with Gasteiger partial charge in [0.15, 0.2) is 6.10 Å². The van der Waals surface area contributed by atoms with Crippen LogP contribution in [0.25, 0.3) is 11.3 Å². The van der Waals surface area contributed by atoms with Gasteiger partial charge in [0, 0.05) is 31.5 Å². The smallest absolute Gasteiger partial charge is 0.253 e. The van der Waals surface area contributed by atoms with E-state index in [4.69, 9.17) is 9.47 Å². The fraction of sp³-hybridized carbons (Fsp3) is 0.227. The Morgan fingerprint density at radius 1 is 1.25 bits per heavy atom. The number of methoxy groups -OCH3 is 1. The third-order valence-corrected chi connectivity index (χ3v) is 4.74. The minimum absolute atomic E-state index is 0.107. The second kappa shape index (κ2) is 8.19. The molecule has 0 bridgehead atoms. The van der Waals surface area contributed by atoms with E-state index in [1.807, 2.05) is 42.5 Å². The predicted octanol–water partition coefficient (Wildman–Crippen LogP) is 2.95. The van der Waals surface area contributed by atoms with E-state index in [1.165, 1.54) is 7.11 Å². The Labute approximate surface area is 163 Å². The highest BCUT2D eigenvalue weighted by Crippen LogP contribution is 2.32. The molecule has 2 atom stereocenters. The van der Waals surface area contributed by atoms with Crippen molar-refractivity contribution in [3.8, 4) is 17.0 Å². The van der Waals surface area contributed by atoms with Crippen LogP contribution in [0.5, 0.6) is 5.75 Å². The average Bonchev–Trinajstić information content (AvgIpc) is 3.16. The lowest BCUT2D eigenvalue weighted by Crippen LogP contribution is -2.37. The topological polar surface area (TPSA) is 73.3 Å². The SMILES string of the molecule is CO[C@@H](C(=O)NC[C@@H]1Cc2cc(-c3cnccn3)ccc2O1)c1ccccc1. The summed E-state index contributed by atoms with van der Waals surface area (Å²) in [6, 6.07) is 15.4. The van der Waals surface area contributed by atoms with Crippen molar-refractivity contribution >= 4 is 5.91 Å². The normalized spacial score (nSPS) is 16.1. The monoisotopic (exact) mass is 375 g/mol. The molecule has 0 fully saturated rings. The summed E-state index contributed by atoms with van der Waals surface area (Å²) in [5.74, 6) is 0.673. The molecule has 2 aromatic carbocycles. The molecule has 0 radical (unpaired) electrons. The van der Waals surface area contributed by atoms with Gasteiger partial charge in [0.1, 0.15) is 11.9 Å². The minimum Gasteiger partial charge on any atom is -0.488 e. The number of amides is 1. The van der Waals surface area contributed by atoms with E-state index in [0.29, 0.717) is 6.54 Å². The quantitative estimate of drug-likeness (QED) is 0.717. The second-order valence-electron chi connectivity index (χ2n) is 6.63. The Hall–Kier alpha value is -3.25. The van der Waals surface area contributed by atoms with E-state index in [-0.39, 0.29) is 12.0 Å². The Balaban J connectivity index is 1.38. The van der Waals surface area contributed by atoms with Crippen LogP contribution in [0.2, 0.25) is 0 Å². The molecule has 1 aromatic heterocycles. The van der Waals surface area contributed by atoms with Crippen LogP contribution in [0, 0.1) is 0 Å². The van der Waals surface area contributed by atoms with Crippen LogP contribution in [0.1, 0.15) is 17.2 Å². The van der Waals surface area contributed by atoms with Gasteiger partial charge in [-0.15, -0.1) is 0 Å². The number of fused-ring (bicyclic) bond motifs is 1. The minimum atomic E-state index is -0.631. The molecule has 0 spiro atoms. The zero-order valence-corrected chi connectivity index (χ0v) is 15.5. The molecule has 0 aliphatic carbocycles. The molecule has 1 aliphatic heterocycles. The number of rotatable bonds is 6. The van der Waals surface area contributed by atoms with Gasteiger partial charge in [-0.1, -0.05) is 30.3 Å². The lowest BCUT2D eigenvalue weighted by molar-refractivity contribution is -0.131. The van der Waals surface area contributed by atoms with Gasteiger partial charge in [0.2, 0.25) is 0 Å². The molecule has 6 nitrogen and oxygen atoms in total. The summed E-state index contributed by atoms with van der Waals surface area (Å²) in [4.78, 5) is 21.0. The van der Waals surface area contributed by atoms with E-state index in [2.05, 4.69) is 21.4 Å². The number of carbonyl (C=O) groups is 1. The van der Waals surface area contributed by atoms with Gasteiger partial charge >= 0.3 is 0 Å². The number of hydrogen-bond acceptors (Lipinski definition) is 5. The largest absolute Gasteiger partial charge is 0.488 e. The first-order chi connectivity index (χ1) is 13.7. The molecule has 6 heteroatoms. The van der Waals surface area contributed by atoms with Crippen LogP contribution in [-0.4, -0.2) is 35.6 Å². The molecule has 4 rings (SSSR count). The Bertz CT molecular complexity index is 948. The third-order valence-electron chi connectivity index (χ3n) is 4.74. The van der Waals surface area contributed by atoms with Gasteiger partial charge in [-0.3, -0.25) is 14.8 Å². The van der Waals surface area contributed by atoms with Crippen molar-refractivity contribution in [3.63, 3.8) is 0 Å². The van der Waals surface area contributed by atoms with Crippen molar-refractivity contribution in [2.75, 3.05) is 13.7 Å². The fourth-order valence-corrected chi connectivity index (χ4v) is 3.37. The van der Waals surface area contributed by atoms with Crippen LogP contribution in [0.3, 0.4) is 0 Å². The number of hydrogen-bond donors (Lipinski definition) is 1. The van der Waals surface area contributed by atoms with Crippen molar-refractivity contribution in [3.05, 3.63) is 78.2 Å². The van der Waals surface area contributed by atoms with Crippen molar-refractivity contribution in [1.82, 2.24) is 15.3 Å². The highest BCUT2D eigenvalue weighted by atomic mass is 16.5. The van der Waals surface area contributed by atoms with Crippen LogP contribution in [0.15, 0.2) is 67.1 Å². The van der Waals surface area contributed by atoms with E-state index in [1.54, 1.807) is 18.6 Å². The summed E-state index contributed by atoms with van der Waals surface area (Å²) in [6.07, 6.45) is 5.06. The molecule has 28 heavy (non-hydrogen) atoms. The molecular formula is C22H21N3O3. The zero-order chi connectivity index (χ0) is 19.3. The first kappa shape index (κ1) is 18.1. The van der Waals surface area contributed by atoms with Crippen molar-refractivity contribution in [2.24, 2.45) is 0 Å². The number of nitrogens with one attached hydrogen (secondary N) is 1. The number of nitrogens with zero attached hydrogens (tertiary/aromatic N) is 2. The summed E-state index contributed by atoms with van der Waals surface area (Å²) in [5.41, 5.74) is 3.76. The summed E-state index contributed by atoms with van der Waals surface area (Å²) < 4.78 is 11.3. The van der Waals surface area contributed by atoms with E-state index in [0.717, 1.165) is 34.6 Å². The number of carbonyl (C=O) groups excluding carboxylic acids is 1. The maximum atomic E-state index is 12.5. The fourth-order valence-electron chi connectivity index (χ4n) is 3.37. The average molecular weight is 375 g/mol. The molecule has 3 aromatic rings. The van der Waals surface area contributed by atoms with Crippen LogP contribution in [0.4, 0.5) is 0 Å². The van der Waals surface area contributed by atoms with Gasteiger partial charge in [-0.2, -0.15) is 0 Å². The first-order valence-electron chi connectivity index (χ1n) is 9.16. The third kappa shape index (κ3) is 3.87. The lowest BCUT2D eigenvalue weighted by Gasteiger charge is -2.17. The summed E-state index contributed by atoms with van der Waals surface area (Å²) >= 11 is 0. The Morgan fingerprint density at radius 2 is 2.11 bits per heavy atom. The zero-order valence-electron chi connectivity index (χ0n) is 15.5. The van der Waals surface area contributed by atoms with Gasteiger partial charge in [0.25, 0.3) is 5.91 Å². The maximum absolute atomic E-state index is 12.5. The van der Waals surface area contributed by atoms with Gasteiger partial charge in [0.05, 0.1) is 18.4 Å². The molecule has 1 aliphatic rings. The standard InChI is InChI=1S/C22H21N3O3/c1-27-21(15-5-3-2-4-6-15)22(26)25-13-18-12-17-11-16(7-8-20(17)28-18)19-14-23-9-10-24-19/h2-11,14,18,21H,12-13H2,1H3,(H,25,26)/t18-,21+/m0/s1. The highest BCUT2D eigenvalue weighted by molar-refractivity contribution is 5.82. The number of benzene rings is 2. The highest BCUT2D eigenvalue weighted by Gasteiger charge is 2.26. The molecular weight excluding hydrogens is 354 g/mol. The predicted molar refractivity (Wildman–Crippen MR) is 105 cm³/mol. The number of aromatic nitrogens is 2. The molecule has 1 amide bonds. The van der Waals surface area contributed by atoms with Crippen molar-refractivity contribution < 1.29 is 14.3 Å². The molecule has 1 N–H and O–H groups in total. The summed E-state index contributed by atoms with van der Waals surface area (Å²) in [6.45, 7) is 0.417. The molecule has 2 heterocycles. The summed E-state index contributed by atoms with van der Waals surface area (Å²) in [5, 5.41) is 2.94. The number of ether oxygens (including phenoxy) is 2. The molecule has 0 unspecified atom stereocenters. The van der Waals surface area contributed by atoms with Crippen molar-refractivity contribution in [2.45, 2.75) is 18.6 Å². The van der Waals surface area contributed by atoms with E-state index in [9.17, 15) is 4.79 Å². The van der Waals surface area contributed by atoms with Gasteiger partial charge in [-0.05, 0) is 29.3 Å². The van der Waals surface area contributed by atoms with Crippen LogP contribution in [-0.2, 0) is 16.0 Å². The van der Waals surface area contributed by atoms with Crippen molar-refractivity contribution in [1.29, 1.82) is 0 Å². The van der Waals surface area contributed by atoms with E-state index >= 15 is 0 Å². The van der Waals surface area contributed by atoms with Crippen LogP contribution >= 0.6 is 0 Å². The van der Waals surface area contributed by atoms with Gasteiger partial charge < -0.3 is 14.8 Å². The molecule has 142 valence electrons. The molecule has 0 saturated carbocycles. The van der Waals surface area contributed by atoms with Gasteiger partial charge in [-0.25, -0.2) is 0 Å². The van der Waals surface area contributed by atoms with Crippen LogP contribution < -0.4 is 10.1 Å². The van der Waals surface area contributed by atoms with E-state index < -0.39 is 6.10 Å². The maximum Gasteiger partial charge on any atom is 0.253 e. The molecule has 0 saturated heterocycles. The Kier molecular flexibility index (Phi) is 5.30. The lowest BCUT2D eigenvalue weighted by atomic mass is 10.0. The summed E-state index contributed by atoms with van der Waals surface area (Å²) in [7, 11) is 1.53. The Morgan fingerprint density at radius 3 is 2.86 bits per heavy atom. The second-order valence-corrected chi connectivity index (χ2v) is 6.63. The first-order valence-corrected chi connectivity index (χ1v) is 9.16.